The first-order chi connectivity index (χ1) is 7.61. The molecule has 1 aromatic carbocycles. The van der Waals surface area contributed by atoms with E-state index in [0.29, 0.717) is 13.0 Å². The minimum absolute atomic E-state index is 0.0694. The predicted molar refractivity (Wildman–Crippen MR) is 66.4 cm³/mol. The van der Waals surface area contributed by atoms with Gasteiger partial charge in [-0.2, -0.15) is 0 Å². The van der Waals surface area contributed by atoms with Crippen LogP contribution in [0.5, 0.6) is 0 Å². The molecule has 2 rings (SSSR count). The number of rotatable bonds is 2. The largest absolute Gasteiger partial charge is 0.396 e. The van der Waals surface area contributed by atoms with E-state index in [-0.39, 0.29) is 18.4 Å². The van der Waals surface area contributed by atoms with E-state index in [0.717, 1.165) is 15.7 Å². The Kier molecular flexibility index (Phi) is 3.30. The van der Waals surface area contributed by atoms with E-state index in [9.17, 15) is 4.79 Å². The van der Waals surface area contributed by atoms with Crippen molar-refractivity contribution in [3.05, 3.63) is 28.2 Å². The second-order valence-electron chi connectivity index (χ2n) is 4.21. The summed E-state index contributed by atoms with van der Waals surface area (Å²) in [6.07, 6.45) is 0.441. The van der Waals surface area contributed by atoms with Crippen LogP contribution in [-0.4, -0.2) is 24.2 Å². The van der Waals surface area contributed by atoms with Crippen molar-refractivity contribution in [3.8, 4) is 0 Å². The van der Waals surface area contributed by atoms with Gasteiger partial charge in [0.25, 0.3) is 0 Å². The highest BCUT2D eigenvalue weighted by Gasteiger charge is 2.30. The molecule has 16 heavy (non-hydrogen) atoms. The van der Waals surface area contributed by atoms with E-state index < -0.39 is 0 Å². The molecule has 1 heterocycles. The summed E-state index contributed by atoms with van der Waals surface area (Å²) in [7, 11) is 0. The van der Waals surface area contributed by atoms with Gasteiger partial charge in [0.15, 0.2) is 0 Å². The molecule has 1 aromatic rings. The molecule has 1 fully saturated rings. The molecule has 0 aromatic heterocycles. The number of halogens is 1. The molecule has 1 aliphatic heterocycles. The first-order valence-electron chi connectivity index (χ1n) is 5.29. The Balaban J connectivity index is 2.30. The van der Waals surface area contributed by atoms with E-state index in [1.165, 1.54) is 0 Å². The molecule has 0 aliphatic carbocycles. The predicted octanol–water partition coefficient (Wildman–Crippen LogP) is 2.10. The number of benzene rings is 1. The Morgan fingerprint density at radius 3 is 2.94 bits per heavy atom. The summed E-state index contributed by atoms with van der Waals surface area (Å²) >= 11 is 3.45. The molecule has 0 bridgehead atoms. The van der Waals surface area contributed by atoms with Gasteiger partial charge in [-0.05, 0) is 40.5 Å². The summed E-state index contributed by atoms with van der Waals surface area (Å²) in [4.78, 5) is 13.5. The monoisotopic (exact) mass is 283 g/mol. The third kappa shape index (κ3) is 2.13. The van der Waals surface area contributed by atoms with Crippen LogP contribution in [0.4, 0.5) is 5.69 Å². The highest BCUT2D eigenvalue weighted by atomic mass is 79.9. The zero-order chi connectivity index (χ0) is 11.7. The van der Waals surface area contributed by atoms with E-state index >= 15 is 0 Å². The number of aliphatic hydroxyl groups is 1. The van der Waals surface area contributed by atoms with Gasteiger partial charge in [0, 0.05) is 30.0 Å². The molecule has 1 saturated heterocycles. The van der Waals surface area contributed by atoms with Crippen LogP contribution < -0.4 is 4.90 Å². The summed E-state index contributed by atoms with van der Waals surface area (Å²) < 4.78 is 0.921. The normalized spacial score (nSPS) is 20.6. The van der Waals surface area contributed by atoms with Crippen molar-refractivity contribution in [2.24, 2.45) is 5.92 Å². The molecular formula is C12H14BrNO2. The van der Waals surface area contributed by atoms with Gasteiger partial charge in [0.05, 0.1) is 5.69 Å². The number of carbonyl (C=O) groups is 1. The van der Waals surface area contributed by atoms with Crippen LogP contribution in [0.1, 0.15) is 12.0 Å². The minimum atomic E-state index is 0.0694. The molecular weight excluding hydrogens is 270 g/mol. The fourth-order valence-electron chi connectivity index (χ4n) is 1.97. The number of nitrogens with zero attached hydrogens (tertiary/aromatic N) is 1. The average Bonchev–Trinajstić information content (AvgIpc) is 2.63. The Morgan fingerprint density at radius 1 is 1.56 bits per heavy atom. The third-order valence-electron chi connectivity index (χ3n) is 2.86. The molecule has 0 radical (unpaired) electrons. The van der Waals surface area contributed by atoms with Crippen LogP contribution in [-0.2, 0) is 4.79 Å². The topological polar surface area (TPSA) is 40.5 Å². The first-order valence-corrected chi connectivity index (χ1v) is 6.08. The minimum Gasteiger partial charge on any atom is -0.396 e. The van der Waals surface area contributed by atoms with E-state index in [1.807, 2.05) is 25.1 Å². The van der Waals surface area contributed by atoms with Crippen molar-refractivity contribution in [2.45, 2.75) is 13.3 Å². The van der Waals surface area contributed by atoms with Gasteiger partial charge in [-0.1, -0.05) is 6.07 Å². The molecule has 1 N–H and O–H groups in total. The summed E-state index contributed by atoms with van der Waals surface area (Å²) in [6, 6.07) is 5.93. The van der Waals surface area contributed by atoms with Gasteiger partial charge in [-0.3, -0.25) is 4.79 Å². The molecule has 0 saturated carbocycles. The summed E-state index contributed by atoms with van der Waals surface area (Å²) in [5, 5.41) is 9.08. The number of anilines is 1. The van der Waals surface area contributed by atoms with Gasteiger partial charge in [0.2, 0.25) is 5.91 Å². The highest BCUT2D eigenvalue weighted by Crippen LogP contribution is 2.32. The Hall–Kier alpha value is -0.870. The lowest BCUT2D eigenvalue weighted by Gasteiger charge is -2.18. The number of aryl methyl sites for hydroxylation is 1. The number of hydrogen-bond donors (Lipinski definition) is 1. The quantitative estimate of drug-likeness (QED) is 0.903. The van der Waals surface area contributed by atoms with Crippen molar-refractivity contribution < 1.29 is 9.90 Å². The van der Waals surface area contributed by atoms with Crippen molar-refractivity contribution in [2.75, 3.05) is 18.1 Å². The van der Waals surface area contributed by atoms with Gasteiger partial charge < -0.3 is 10.0 Å². The maximum absolute atomic E-state index is 11.8. The smallest absolute Gasteiger partial charge is 0.227 e. The Morgan fingerprint density at radius 2 is 2.31 bits per heavy atom. The lowest BCUT2D eigenvalue weighted by molar-refractivity contribution is -0.117. The van der Waals surface area contributed by atoms with Crippen molar-refractivity contribution >= 4 is 27.5 Å². The standard InChI is InChI=1S/C12H14BrNO2/c1-8-2-3-10(13)11(4-8)14-6-9(7-15)5-12(14)16/h2-4,9,15H,5-7H2,1H3. The molecule has 86 valence electrons. The van der Waals surface area contributed by atoms with Crippen LogP contribution in [0.2, 0.25) is 0 Å². The number of hydrogen-bond acceptors (Lipinski definition) is 2. The maximum atomic E-state index is 11.8. The fourth-order valence-corrected chi connectivity index (χ4v) is 2.43. The number of amides is 1. The molecule has 0 spiro atoms. The van der Waals surface area contributed by atoms with E-state index in [4.69, 9.17) is 5.11 Å². The summed E-state index contributed by atoms with van der Waals surface area (Å²) in [5.41, 5.74) is 2.03. The van der Waals surface area contributed by atoms with E-state index in [2.05, 4.69) is 15.9 Å². The summed E-state index contributed by atoms with van der Waals surface area (Å²) in [6.45, 7) is 2.68. The zero-order valence-electron chi connectivity index (χ0n) is 9.11. The number of carbonyl (C=O) groups excluding carboxylic acids is 1. The molecule has 3 nitrogen and oxygen atoms in total. The van der Waals surface area contributed by atoms with Gasteiger partial charge in [-0.25, -0.2) is 0 Å². The average molecular weight is 284 g/mol. The zero-order valence-corrected chi connectivity index (χ0v) is 10.7. The van der Waals surface area contributed by atoms with E-state index in [1.54, 1.807) is 4.90 Å². The third-order valence-corrected chi connectivity index (χ3v) is 3.53. The Bertz CT molecular complexity index is 419. The van der Waals surface area contributed by atoms with Crippen molar-refractivity contribution in [1.29, 1.82) is 0 Å². The molecule has 1 amide bonds. The van der Waals surface area contributed by atoms with Crippen LogP contribution >= 0.6 is 15.9 Å². The highest BCUT2D eigenvalue weighted by molar-refractivity contribution is 9.10. The van der Waals surface area contributed by atoms with Crippen LogP contribution in [0.25, 0.3) is 0 Å². The van der Waals surface area contributed by atoms with Crippen molar-refractivity contribution in [3.63, 3.8) is 0 Å². The molecule has 4 heteroatoms. The fraction of sp³-hybridized carbons (Fsp3) is 0.417. The first kappa shape index (κ1) is 11.6. The second kappa shape index (κ2) is 4.55. The van der Waals surface area contributed by atoms with Gasteiger partial charge >= 0.3 is 0 Å². The lowest BCUT2D eigenvalue weighted by Crippen LogP contribution is -2.25. The second-order valence-corrected chi connectivity index (χ2v) is 5.07. The molecule has 1 aliphatic rings. The maximum Gasteiger partial charge on any atom is 0.227 e. The SMILES string of the molecule is Cc1ccc(Br)c(N2CC(CO)CC2=O)c1. The molecule has 1 atom stereocenters. The Labute approximate surface area is 103 Å². The van der Waals surface area contributed by atoms with Crippen molar-refractivity contribution in [1.82, 2.24) is 0 Å². The number of aliphatic hydroxyl groups excluding tert-OH is 1. The van der Waals surface area contributed by atoms with Gasteiger partial charge in [-0.15, -0.1) is 0 Å². The van der Waals surface area contributed by atoms with Crippen LogP contribution in [0, 0.1) is 12.8 Å². The lowest BCUT2D eigenvalue weighted by atomic mass is 10.1. The summed E-state index contributed by atoms with van der Waals surface area (Å²) in [5.74, 6) is 0.158. The van der Waals surface area contributed by atoms with Crippen LogP contribution in [0.15, 0.2) is 22.7 Å². The van der Waals surface area contributed by atoms with Crippen LogP contribution in [0.3, 0.4) is 0 Å². The molecule has 1 unspecified atom stereocenters. The van der Waals surface area contributed by atoms with Gasteiger partial charge in [0.1, 0.15) is 0 Å².